The first-order chi connectivity index (χ1) is 9.40. The van der Waals surface area contributed by atoms with Crippen LogP contribution in [0.15, 0.2) is 22.7 Å². The van der Waals surface area contributed by atoms with Crippen LogP contribution in [0.5, 0.6) is 5.75 Å². The molecule has 5 heteroatoms. The van der Waals surface area contributed by atoms with E-state index in [9.17, 15) is 5.11 Å². The van der Waals surface area contributed by atoms with Gasteiger partial charge in [0.2, 0.25) is 0 Å². The molecule has 0 saturated carbocycles. The number of aliphatic hydroxyl groups excluding tert-OH is 1. The van der Waals surface area contributed by atoms with Gasteiger partial charge in [0, 0.05) is 12.6 Å². The lowest BCUT2D eigenvalue weighted by Crippen LogP contribution is -2.06. The summed E-state index contributed by atoms with van der Waals surface area (Å²) >= 11 is 3.52. The Labute approximate surface area is 127 Å². The van der Waals surface area contributed by atoms with E-state index in [-0.39, 0.29) is 0 Å². The Morgan fingerprint density at radius 3 is 2.65 bits per heavy atom. The molecule has 0 radical (unpaired) electrons. The molecule has 20 heavy (non-hydrogen) atoms. The van der Waals surface area contributed by atoms with E-state index in [0.29, 0.717) is 12.4 Å². The van der Waals surface area contributed by atoms with Crippen molar-refractivity contribution >= 4 is 15.9 Å². The number of aryl methyl sites for hydroxylation is 3. The SMILES string of the molecule is Cc1ccc(OCc2c(Br)c(C)nn2C)c([C@@H](C)O)c1. The zero-order valence-corrected chi connectivity index (χ0v) is 13.7. The third-order valence-electron chi connectivity index (χ3n) is 3.24. The third-order valence-corrected chi connectivity index (χ3v) is 4.27. The first-order valence-corrected chi connectivity index (χ1v) is 7.29. The number of rotatable bonds is 4. The molecule has 0 aliphatic heterocycles. The fraction of sp³-hybridized carbons (Fsp3) is 0.400. The van der Waals surface area contributed by atoms with Crippen LogP contribution in [0, 0.1) is 13.8 Å². The predicted octanol–water partition coefficient (Wildman–Crippen LogP) is 3.43. The van der Waals surface area contributed by atoms with Gasteiger partial charge < -0.3 is 9.84 Å². The zero-order chi connectivity index (χ0) is 14.9. The lowest BCUT2D eigenvalue weighted by atomic mass is 10.1. The van der Waals surface area contributed by atoms with Crippen LogP contribution in [-0.4, -0.2) is 14.9 Å². The van der Waals surface area contributed by atoms with Gasteiger partial charge in [0.15, 0.2) is 0 Å². The molecular formula is C15H19BrN2O2. The fourth-order valence-electron chi connectivity index (χ4n) is 2.11. The summed E-state index contributed by atoms with van der Waals surface area (Å²) in [4.78, 5) is 0. The first-order valence-electron chi connectivity index (χ1n) is 6.49. The molecule has 1 heterocycles. The smallest absolute Gasteiger partial charge is 0.131 e. The first kappa shape index (κ1) is 15.1. The standard InChI is InChI=1S/C15H19BrN2O2/c1-9-5-6-14(12(7-9)11(3)19)20-8-13-15(16)10(2)17-18(13)4/h5-7,11,19H,8H2,1-4H3/t11-/m1/s1. The largest absolute Gasteiger partial charge is 0.487 e. The molecule has 1 aromatic heterocycles. The summed E-state index contributed by atoms with van der Waals surface area (Å²) in [5, 5.41) is 14.2. The van der Waals surface area contributed by atoms with Crippen molar-refractivity contribution in [2.45, 2.75) is 33.5 Å². The second kappa shape index (κ2) is 5.97. The molecule has 2 rings (SSSR count). The second-order valence-electron chi connectivity index (χ2n) is 4.98. The molecule has 1 N–H and O–H groups in total. The summed E-state index contributed by atoms with van der Waals surface area (Å²) in [7, 11) is 1.89. The van der Waals surface area contributed by atoms with E-state index in [1.165, 1.54) is 0 Å². The van der Waals surface area contributed by atoms with Gasteiger partial charge in [-0.1, -0.05) is 11.6 Å². The minimum Gasteiger partial charge on any atom is -0.487 e. The molecule has 0 fully saturated rings. The van der Waals surface area contributed by atoms with E-state index in [1.54, 1.807) is 11.6 Å². The van der Waals surface area contributed by atoms with Gasteiger partial charge in [0.25, 0.3) is 0 Å². The highest BCUT2D eigenvalue weighted by Gasteiger charge is 2.14. The minimum atomic E-state index is -0.554. The maximum absolute atomic E-state index is 9.83. The van der Waals surface area contributed by atoms with Gasteiger partial charge in [-0.15, -0.1) is 0 Å². The summed E-state index contributed by atoms with van der Waals surface area (Å²) in [6, 6.07) is 5.82. The van der Waals surface area contributed by atoms with Gasteiger partial charge in [0.1, 0.15) is 12.4 Å². The predicted molar refractivity (Wildman–Crippen MR) is 81.8 cm³/mol. The minimum absolute atomic E-state index is 0.403. The molecule has 4 nitrogen and oxygen atoms in total. The maximum Gasteiger partial charge on any atom is 0.131 e. The van der Waals surface area contributed by atoms with E-state index in [2.05, 4.69) is 21.0 Å². The summed E-state index contributed by atoms with van der Waals surface area (Å²) < 4.78 is 8.63. The van der Waals surface area contributed by atoms with Crippen LogP contribution in [0.4, 0.5) is 0 Å². The molecule has 0 aliphatic rings. The van der Waals surface area contributed by atoms with Crippen molar-refractivity contribution in [2.24, 2.45) is 7.05 Å². The molecule has 1 atom stereocenters. The van der Waals surface area contributed by atoms with E-state index in [4.69, 9.17) is 4.74 Å². The van der Waals surface area contributed by atoms with Crippen molar-refractivity contribution < 1.29 is 9.84 Å². The number of hydrogen-bond donors (Lipinski definition) is 1. The third kappa shape index (κ3) is 3.04. The van der Waals surface area contributed by atoms with Crippen molar-refractivity contribution in [2.75, 3.05) is 0 Å². The molecule has 0 saturated heterocycles. The second-order valence-corrected chi connectivity index (χ2v) is 5.77. The monoisotopic (exact) mass is 338 g/mol. The van der Waals surface area contributed by atoms with E-state index in [0.717, 1.165) is 27.0 Å². The summed E-state index contributed by atoms with van der Waals surface area (Å²) in [5.74, 6) is 0.705. The van der Waals surface area contributed by atoms with Gasteiger partial charge in [-0.3, -0.25) is 4.68 Å². The Kier molecular flexibility index (Phi) is 4.50. The molecule has 108 valence electrons. The molecule has 0 unspecified atom stereocenters. The van der Waals surface area contributed by atoms with Gasteiger partial charge >= 0.3 is 0 Å². The summed E-state index contributed by atoms with van der Waals surface area (Å²) in [6.45, 7) is 6.09. The number of ether oxygens (including phenoxy) is 1. The van der Waals surface area contributed by atoms with Gasteiger partial charge in [-0.25, -0.2) is 0 Å². The molecular weight excluding hydrogens is 320 g/mol. The average Bonchev–Trinajstić information content (AvgIpc) is 2.62. The van der Waals surface area contributed by atoms with Crippen LogP contribution >= 0.6 is 15.9 Å². The van der Waals surface area contributed by atoms with Crippen molar-refractivity contribution in [3.63, 3.8) is 0 Å². The highest BCUT2D eigenvalue weighted by molar-refractivity contribution is 9.10. The Morgan fingerprint density at radius 2 is 2.10 bits per heavy atom. The topological polar surface area (TPSA) is 47.3 Å². The number of benzene rings is 1. The molecule has 0 amide bonds. The fourth-order valence-corrected chi connectivity index (χ4v) is 2.56. The number of halogens is 1. The van der Waals surface area contributed by atoms with Gasteiger partial charge in [0.05, 0.1) is 22.0 Å². The molecule has 0 bridgehead atoms. The van der Waals surface area contributed by atoms with Crippen LogP contribution < -0.4 is 4.74 Å². The molecule has 1 aromatic carbocycles. The lowest BCUT2D eigenvalue weighted by molar-refractivity contribution is 0.189. The lowest BCUT2D eigenvalue weighted by Gasteiger charge is -2.14. The average molecular weight is 339 g/mol. The van der Waals surface area contributed by atoms with Crippen LogP contribution in [0.1, 0.15) is 35.5 Å². The summed E-state index contributed by atoms with van der Waals surface area (Å²) in [5.41, 5.74) is 3.82. The molecule has 0 spiro atoms. The summed E-state index contributed by atoms with van der Waals surface area (Å²) in [6.07, 6.45) is -0.554. The Bertz CT molecular complexity index is 621. The number of aliphatic hydroxyl groups is 1. The van der Waals surface area contributed by atoms with E-state index in [1.807, 2.05) is 39.1 Å². The highest BCUT2D eigenvalue weighted by Crippen LogP contribution is 2.28. The van der Waals surface area contributed by atoms with Crippen LogP contribution in [0.2, 0.25) is 0 Å². The highest BCUT2D eigenvalue weighted by atomic mass is 79.9. The number of aromatic nitrogens is 2. The van der Waals surface area contributed by atoms with Crippen molar-refractivity contribution in [1.82, 2.24) is 9.78 Å². The van der Waals surface area contributed by atoms with Gasteiger partial charge in [-0.2, -0.15) is 5.10 Å². The maximum atomic E-state index is 9.83. The molecule has 2 aromatic rings. The Hall–Kier alpha value is -1.33. The van der Waals surface area contributed by atoms with Crippen LogP contribution in [-0.2, 0) is 13.7 Å². The number of nitrogens with zero attached hydrogens (tertiary/aromatic N) is 2. The zero-order valence-electron chi connectivity index (χ0n) is 12.1. The quantitative estimate of drug-likeness (QED) is 0.928. The molecule has 0 aliphatic carbocycles. The van der Waals surface area contributed by atoms with E-state index >= 15 is 0 Å². The Balaban J connectivity index is 2.23. The van der Waals surface area contributed by atoms with Crippen molar-refractivity contribution in [3.05, 3.63) is 45.2 Å². The number of hydrogen-bond acceptors (Lipinski definition) is 3. The normalized spacial score (nSPS) is 12.5. The Morgan fingerprint density at radius 1 is 1.40 bits per heavy atom. The van der Waals surface area contributed by atoms with Crippen molar-refractivity contribution in [3.8, 4) is 5.75 Å². The van der Waals surface area contributed by atoms with Crippen LogP contribution in [0.3, 0.4) is 0 Å². The van der Waals surface area contributed by atoms with Crippen LogP contribution in [0.25, 0.3) is 0 Å². The van der Waals surface area contributed by atoms with Gasteiger partial charge in [-0.05, 0) is 48.8 Å². The van der Waals surface area contributed by atoms with E-state index < -0.39 is 6.10 Å². The van der Waals surface area contributed by atoms with Crippen molar-refractivity contribution in [1.29, 1.82) is 0 Å².